The normalized spacial score (nSPS) is 18.5. The van der Waals surface area contributed by atoms with E-state index >= 15 is 0 Å². The number of methoxy groups -OCH3 is 1. The molecule has 1 N–H and O–H groups in total. The highest BCUT2D eigenvalue weighted by Gasteiger charge is 2.34. The quantitative estimate of drug-likeness (QED) is 0.764. The van der Waals surface area contributed by atoms with Gasteiger partial charge in [0, 0.05) is 23.1 Å². The average molecular weight is 409 g/mol. The summed E-state index contributed by atoms with van der Waals surface area (Å²) in [5.41, 5.74) is 3.08. The molecule has 0 saturated heterocycles. The number of hydrogen-bond donors (Lipinski definition) is 1. The number of ketones is 1. The van der Waals surface area contributed by atoms with Crippen LogP contribution in [0.5, 0.6) is 17.2 Å². The van der Waals surface area contributed by atoms with Crippen molar-refractivity contribution >= 4 is 11.7 Å². The number of amides is 1. The van der Waals surface area contributed by atoms with E-state index in [1.165, 1.54) is 0 Å². The highest BCUT2D eigenvalue weighted by molar-refractivity contribution is 6.00. The molecule has 2 aromatic carbocycles. The lowest BCUT2D eigenvalue weighted by Crippen LogP contribution is -2.35. The van der Waals surface area contributed by atoms with Gasteiger partial charge in [-0.3, -0.25) is 9.59 Å². The van der Waals surface area contributed by atoms with Gasteiger partial charge < -0.3 is 19.5 Å². The Kier molecular flexibility index (Phi) is 5.18. The predicted octanol–water partition coefficient (Wildman–Crippen LogP) is 3.58. The van der Waals surface area contributed by atoms with Crippen molar-refractivity contribution in [3.05, 3.63) is 52.6 Å². The van der Waals surface area contributed by atoms with Crippen molar-refractivity contribution in [3.63, 3.8) is 0 Å². The fourth-order valence-corrected chi connectivity index (χ4v) is 4.15. The van der Waals surface area contributed by atoms with Gasteiger partial charge in [0.15, 0.2) is 17.3 Å². The Labute approximate surface area is 176 Å². The van der Waals surface area contributed by atoms with Crippen LogP contribution >= 0.6 is 0 Å². The average Bonchev–Trinajstić information content (AvgIpc) is 3.04. The second-order valence-corrected chi connectivity index (χ2v) is 8.58. The molecule has 4 rings (SSSR count). The van der Waals surface area contributed by atoms with Gasteiger partial charge in [-0.15, -0.1) is 0 Å². The third-order valence-electron chi connectivity index (χ3n) is 5.62. The smallest absolute Gasteiger partial charge is 0.228 e. The Morgan fingerprint density at radius 3 is 2.80 bits per heavy atom. The maximum absolute atomic E-state index is 12.8. The maximum Gasteiger partial charge on any atom is 0.228 e. The lowest BCUT2D eigenvalue weighted by molar-refractivity contribution is -0.123. The first kappa shape index (κ1) is 20.3. The molecule has 30 heavy (non-hydrogen) atoms. The van der Waals surface area contributed by atoms with Gasteiger partial charge in [-0.1, -0.05) is 12.1 Å². The van der Waals surface area contributed by atoms with Crippen LogP contribution in [0.25, 0.3) is 0 Å². The molecule has 2 aromatic rings. The predicted molar refractivity (Wildman–Crippen MR) is 113 cm³/mol. The number of nitrogens with one attached hydrogen (secondary N) is 1. The van der Waals surface area contributed by atoms with Gasteiger partial charge in [0.1, 0.15) is 11.4 Å². The van der Waals surface area contributed by atoms with E-state index in [-0.39, 0.29) is 29.8 Å². The first-order chi connectivity index (χ1) is 14.3. The van der Waals surface area contributed by atoms with Crippen molar-refractivity contribution in [2.24, 2.45) is 0 Å². The fourth-order valence-electron chi connectivity index (χ4n) is 4.15. The minimum Gasteiger partial charge on any atom is -0.493 e. The summed E-state index contributed by atoms with van der Waals surface area (Å²) in [4.78, 5) is 25.6. The lowest BCUT2D eigenvalue weighted by atomic mass is 9.91. The highest BCUT2D eigenvalue weighted by atomic mass is 16.5. The zero-order valence-electron chi connectivity index (χ0n) is 17.8. The maximum atomic E-state index is 12.8. The number of benzene rings is 2. The Morgan fingerprint density at radius 1 is 1.23 bits per heavy atom. The number of Topliss-reactive ketones (excluding diaryl/α,β-unsaturated/α-hetero) is 1. The second-order valence-electron chi connectivity index (χ2n) is 8.58. The summed E-state index contributed by atoms with van der Waals surface area (Å²) in [5, 5.41) is 2.81. The number of ether oxygens (including phenoxy) is 3. The van der Waals surface area contributed by atoms with Gasteiger partial charge >= 0.3 is 0 Å². The van der Waals surface area contributed by atoms with Crippen LogP contribution in [0.15, 0.2) is 30.3 Å². The van der Waals surface area contributed by atoms with E-state index in [9.17, 15) is 9.59 Å². The van der Waals surface area contributed by atoms with Crippen molar-refractivity contribution in [1.29, 1.82) is 0 Å². The summed E-state index contributed by atoms with van der Waals surface area (Å²) in [6, 6.07) is 9.37. The van der Waals surface area contributed by atoms with Crippen LogP contribution in [0.4, 0.5) is 0 Å². The highest BCUT2D eigenvalue weighted by Crippen LogP contribution is 2.42. The van der Waals surface area contributed by atoms with E-state index in [2.05, 4.69) is 5.32 Å². The van der Waals surface area contributed by atoms with Gasteiger partial charge in [0.2, 0.25) is 5.91 Å². The summed E-state index contributed by atoms with van der Waals surface area (Å²) < 4.78 is 17.1. The molecule has 158 valence electrons. The third-order valence-corrected chi connectivity index (χ3v) is 5.62. The third kappa shape index (κ3) is 3.86. The standard InChI is InChI=1S/C24H27NO5/c1-14-5-6-17-18(7-8-29-20(17)9-14)23(27)25-13-19(26)15-10-16-12-24(2,3)30-22(16)21(11-15)28-4/h5-6,9-11,18H,7-8,12-13H2,1-4H3,(H,25,27). The number of rotatable bonds is 5. The van der Waals surface area contributed by atoms with E-state index in [0.717, 1.165) is 22.4 Å². The second kappa shape index (κ2) is 7.67. The molecule has 6 nitrogen and oxygen atoms in total. The Morgan fingerprint density at radius 2 is 2.03 bits per heavy atom. The summed E-state index contributed by atoms with van der Waals surface area (Å²) in [5.74, 6) is 1.35. The molecule has 0 radical (unpaired) electrons. The molecule has 0 aromatic heterocycles. The molecule has 1 atom stereocenters. The number of carbonyl (C=O) groups is 2. The van der Waals surface area contributed by atoms with Crippen LogP contribution in [-0.2, 0) is 11.2 Å². The number of fused-ring (bicyclic) bond motifs is 2. The first-order valence-corrected chi connectivity index (χ1v) is 10.2. The molecule has 1 unspecified atom stereocenters. The van der Waals surface area contributed by atoms with Crippen molar-refractivity contribution < 1.29 is 23.8 Å². The monoisotopic (exact) mass is 409 g/mol. The zero-order valence-corrected chi connectivity index (χ0v) is 17.8. The van der Waals surface area contributed by atoms with Gasteiger partial charge in [0.25, 0.3) is 0 Å². The van der Waals surface area contributed by atoms with E-state index < -0.39 is 0 Å². The van der Waals surface area contributed by atoms with E-state index in [4.69, 9.17) is 14.2 Å². The SMILES string of the molecule is COc1cc(C(=O)CNC(=O)C2CCOc3cc(C)ccc32)cc2c1OC(C)(C)C2. The van der Waals surface area contributed by atoms with Crippen molar-refractivity contribution in [2.75, 3.05) is 20.3 Å². The fraction of sp³-hybridized carbons (Fsp3) is 0.417. The Bertz CT molecular complexity index is 1010. The number of aryl methyl sites for hydroxylation is 1. The van der Waals surface area contributed by atoms with Crippen LogP contribution in [0.3, 0.4) is 0 Å². The summed E-state index contributed by atoms with van der Waals surface area (Å²) in [6.07, 6.45) is 1.29. The summed E-state index contributed by atoms with van der Waals surface area (Å²) in [7, 11) is 1.56. The van der Waals surface area contributed by atoms with Crippen molar-refractivity contribution in [1.82, 2.24) is 5.32 Å². The zero-order chi connectivity index (χ0) is 21.5. The van der Waals surface area contributed by atoms with Gasteiger partial charge in [-0.2, -0.15) is 0 Å². The molecule has 0 spiro atoms. The Balaban J connectivity index is 1.47. The summed E-state index contributed by atoms with van der Waals surface area (Å²) >= 11 is 0. The van der Waals surface area contributed by atoms with E-state index in [1.807, 2.05) is 45.0 Å². The summed E-state index contributed by atoms with van der Waals surface area (Å²) in [6.45, 7) is 6.41. The largest absolute Gasteiger partial charge is 0.493 e. The molecular weight excluding hydrogens is 382 g/mol. The molecule has 0 fully saturated rings. The van der Waals surface area contributed by atoms with Crippen LogP contribution in [0.1, 0.15) is 53.2 Å². The molecule has 0 aliphatic carbocycles. The van der Waals surface area contributed by atoms with Gasteiger partial charge in [-0.25, -0.2) is 0 Å². The van der Waals surface area contributed by atoms with Crippen LogP contribution in [0, 0.1) is 6.92 Å². The molecular formula is C24H27NO5. The van der Waals surface area contributed by atoms with Gasteiger partial charge in [0.05, 0.1) is 26.2 Å². The lowest BCUT2D eigenvalue weighted by Gasteiger charge is -2.25. The van der Waals surface area contributed by atoms with Gasteiger partial charge in [-0.05, 0) is 51.0 Å². The van der Waals surface area contributed by atoms with Crippen LogP contribution < -0.4 is 19.5 Å². The Hall–Kier alpha value is -3.02. The molecule has 2 aliphatic heterocycles. The number of hydrogen-bond acceptors (Lipinski definition) is 5. The molecule has 6 heteroatoms. The number of carbonyl (C=O) groups excluding carboxylic acids is 2. The molecule has 2 heterocycles. The topological polar surface area (TPSA) is 73.9 Å². The molecule has 0 bridgehead atoms. The first-order valence-electron chi connectivity index (χ1n) is 10.2. The van der Waals surface area contributed by atoms with E-state index in [0.29, 0.717) is 36.5 Å². The van der Waals surface area contributed by atoms with Crippen LogP contribution in [-0.4, -0.2) is 37.6 Å². The molecule has 1 amide bonds. The van der Waals surface area contributed by atoms with E-state index in [1.54, 1.807) is 13.2 Å². The minimum atomic E-state index is -0.333. The van der Waals surface area contributed by atoms with Crippen molar-refractivity contribution in [3.8, 4) is 17.2 Å². The van der Waals surface area contributed by atoms with Crippen molar-refractivity contribution in [2.45, 2.75) is 45.1 Å². The molecule has 0 saturated carbocycles. The van der Waals surface area contributed by atoms with Crippen LogP contribution in [0.2, 0.25) is 0 Å². The minimum absolute atomic E-state index is 0.0659. The molecule has 2 aliphatic rings.